The maximum Gasteiger partial charge on any atom is 0.310 e. The largest absolute Gasteiger partial charge is 0.481 e. The number of carboxylic acids is 1. The molecular formula is C13H20O2S. The third kappa shape index (κ3) is 6.51. The Morgan fingerprint density at radius 1 is 1.56 bits per heavy atom. The zero-order chi connectivity index (χ0) is 12.6. The molecular weight excluding hydrogens is 220 g/mol. The van der Waals surface area contributed by atoms with Crippen LogP contribution in [0.2, 0.25) is 0 Å². The summed E-state index contributed by atoms with van der Waals surface area (Å²) in [6.07, 6.45) is 8.97. The summed E-state index contributed by atoms with van der Waals surface area (Å²) in [5.41, 5.74) is 1.08. The maximum absolute atomic E-state index is 10.6. The number of hydrogen-bond donors (Lipinski definition) is 2. The van der Waals surface area contributed by atoms with Gasteiger partial charge in [-0.05, 0) is 25.3 Å². The standard InChI is InChI=1S/C13H20O2S/c1-4-11(9-12(16)5-2)8-6-7-10(3)13(14)15/h4,6-8,10,12,16H,1,5,9H2,2-3H3,(H,14,15)/b7-6+,11-8+. The normalized spacial score (nSPS) is 16.1. The second-order valence-electron chi connectivity index (χ2n) is 3.72. The highest BCUT2D eigenvalue weighted by molar-refractivity contribution is 7.80. The van der Waals surface area contributed by atoms with Crippen molar-refractivity contribution in [2.24, 2.45) is 5.92 Å². The monoisotopic (exact) mass is 240 g/mol. The van der Waals surface area contributed by atoms with Gasteiger partial charge in [0.15, 0.2) is 0 Å². The summed E-state index contributed by atoms with van der Waals surface area (Å²) >= 11 is 4.41. The van der Waals surface area contributed by atoms with Gasteiger partial charge < -0.3 is 5.11 Å². The molecule has 0 aliphatic heterocycles. The predicted octanol–water partition coefficient (Wildman–Crippen LogP) is 3.47. The van der Waals surface area contributed by atoms with E-state index < -0.39 is 11.9 Å². The van der Waals surface area contributed by atoms with E-state index in [1.165, 1.54) is 0 Å². The average molecular weight is 240 g/mol. The molecule has 0 saturated heterocycles. The van der Waals surface area contributed by atoms with Crippen LogP contribution in [0.1, 0.15) is 26.7 Å². The molecule has 2 unspecified atom stereocenters. The van der Waals surface area contributed by atoms with Crippen LogP contribution in [0.4, 0.5) is 0 Å². The Morgan fingerprint density at radius 2 is 2.19 bits per heavy atom. The van der Waals surface area contributed by atoms with Gasteiger partial charge in [-0.15, -0.1) is 0 Å². The van der Waals surface area contributed by atoms with Gasteiger partial charge in [0.05, 0.1) is 5.92 Å². The molecule has 3 heteroatoms. The van der Waals surface area contributed by atoms with Crippen LogP contribution < -0.4 is 0 Å². The Kier molecular flexibility index (Phi) is 7.73. The first kappa shape index (κ1) is 15.0. The Morgan fingerprint density at radius 3 is 2.62 bits per heavy atom. The first-order valence-corrected chi connectivity index (χ1v) is 5.93. The SMILES string of the molecule is C=C/C(=C\C=C\C(C)C(=O)O)CC(S)CC. The van der Waals surface area contributed by atoms with Crippen LogP contribution >= 0.6 is 12.6 Å². The molecule has 0 amide bonds. The third-order valence-corrected chi connectivity index (χ3v) is 2.85. The fourth-order valence-electron chi connectivity index (χ4n) is 1.06. The molecule has 1 N–H and O–H groups in total. The minimum atomic E-state index is -0.814. The second-order valence-corrected chi connectivity index (χ2v) is 4.45. The molecule has 0 aromatic rings. The van der Waals surface area contributed by atoms with Gasteiger partial charge in [0, 0.05) is 5.25 Å². The van der Waals surface area contributed by atoms with Gasteiger partial charge in [0.1, 0.15) is 0 Å². The number of carboxylic acid groups (broad SMARTS) is 1. The van der Waals surface area contributed by atoms with E-state index in [1.807, 2.05) is 6.08 Å². The summed E-state index contributed by atoms with van der Waals surface area (Å²) in [6, 6.07) is 0. The topological polar surface area (TPSA) is 37.3 Å². The molecule has 0 aromatic heterocycles. The van der Waals surface area contributed by atoms with Crippen LogP contribution in [0.15, 0.2) is 36.5 Å². The van der Waals surface area contributed by atoms with Crippen molar-refractivity contribution >= 4 is 18.6 Å². The van der Waals surface area contributed by atoms with Crippen molar-refractivity contribution in [1.29, 1.82) is 0 Å². The number of rotatable bonds is 7. The molecule has 0 rings (SSSR count). The highest BCUT2D eigenvalue weighted by Gasteiger charge is 2.04. The van der Waals surface area contributed by atoms with E-state index in [9.17, 15) is 4.79 Å². The number of thiol groups is 1. The van der Waals surface area contributed by atoms with Crippen LogP contribution in [0.5, 0.6) is 0 Å². The molecule has 0 aromatic carbocycles. The van der Waals surface area contributed by atoms with Crippen molar-refractivity contribution in [3.05, 3.63) is 36.5 Å². The molecule has 2 atom stereocenters. The van der Waals surface area contributed by atoms with Crippen LogP contribution in [-0.4, -0.2) is 16.3 Å². The highest BCUT2D eigenvalue weighted by atomic mass is 32.1. The smallest absolute Gasteiger partial charge is 0.310 e. The molecule has 0 heterocycles. The fourth-order valence-corrected chi connectivity index (χ4v) is 1.27. The van der Waals surface area contributed by atoms with Crippen molar-refractivity contribution < 1.29 is 9.90 Å². The highest BCUT2D eigenvalue weighted by Crippen LogP contribution is 2.14. The molecule has 0 fully saturated rings. The fraction of sp³-hybridized carbons (Fsp3) is 0.462. The average Bonchev–Trinajstić information content (AvgIpc) is 2.26. The lowest BCUT2D eigenvalue weighted by molar-refractivity contribution is -0.139. The molecule has 16 heavy (non-hydrogen) atoms. The molecule has 0 radical (unpaired) electrons. The van der Waals surface area contributed by atoms with Crippen molar-refractivity contribution in [1.82, 2.24) is 0 Å². The summed E-state index contributed by atoms with van der Waals surface area (Å²) in [5.74, 6) is -1.27. The Balaban J connectivity index is 4.37. The first-order chi connectivity index (χ1) is 7.51. The quantitative estimate of drug-likeness (QED) is 0.528. The molecule has 0 aliphatic rings. The van der Waals surface area contributed by atoms with E-state index in [1.54, 1.807) is 25.2 Å². The lowest BCUT2D eigenvalue weighted by atomic mass is 10.1. The number of allylic oxidation sites excluding steroid dienone is 4. The van der Waals surface area contributed by atoms with Gasteiger partial charge in [0.25, 0.3) is 0 Å². The number of carbonyl (C=O) groups is 1. The van der Waals surface area contributed by atoms with Crippen molar-refractivity contribution in [2.45, 2.75) is 31.9 Å². The predicted molar refractivity (Wildman–Crippen MR) is 71.9 cm³/mol. The van der Waals surface area contributed by atoms with E-state index in [0.717, 1.165) is 18.4 Å². The van der Waals surface area contributed by atoms with Gasteiger partial charge in [-0.3, -0.25) is 4.79 Å². The Labute approximate surface area is 103 Å². The van der Waals surface area contributed by atoms with Crippen LogP contribution in [-0.2, 0) is 4.79 Å². The molecule has 0 aliphatic carbocycles. The van der Waals surface area contributed by atoms with Gasteiger partial charge in [0.2, 0.25) is 0 Å². The Bertz CT molecular complexity index is 292. The lowest BCUT2D eigenvalue weighted by Crippen LogP contribution is -2.05. The zero-order valence-electron chi connectivity index (χ0n) is 9.89. The van der Waals surface area contributed by atoms with E-state index >= 15 is 0 Å². The molecule has 0 spiro atoms. The minimum Gasteiger partial charge on any atom is -0.481 e. The van der Waals surface area contributed by atoms with Crippen LogP contribution in [0.25, 0.3) is 0 Å². The number of aliphatic carboxylic acids is 1. The second kappa shape index (κ2) is 8.22. The van der Waals surface area contributed by atoms with E-state index in [0.29, 0.717) is 5.25 Å². The van der Waals surface area contributed by atoms with Crippen molar-refractivity contribution in [3.63, 3.8) is 0 Å². The van der Waals surface area contributed by atoms with Gasteiger partial charge in [-0.25, -0.2) is 0 Å². The summed E-state index contributed by atoms with van der Waals surface area (Å²) in [6.45, 7) is 7.46. The van der Waals surface area contributed by atoms with Crippen LogP contribution in [0.3, 0.4) is 0 Å². The summed E-state index contributed by atoms with van der Waals surface area (Å²) < 4.78 is 0. The van der Waals surface area contributed by atoms with Gasteiger partial charge >= 0.3 is 5.97 Å². The number of hydrogen-bond acceptors (Lipinski definition) is 2. The van der Waals surface area contributed by atoms with Crippen LogP contribution in [0, 0.1) is 5.92 Å². The maximum atomic E-state index is 10.6. The van der Waals surface area contributed by atoms with Crippen molar-refractivity contribution in [3.8, 4) is 0 Å². The van der Waals surface area contributed by atoms with Gasteiger partial charge in [-0.1, -0.05) is 37.8 Å². The summed E-state index contributed by atoms with van der Waals surface area (Å²) in [7, 11) is 0. The van der Waals surface area contributed by atoms with Gasteiger partial charge in [-0.2, -0.15) is 12.6 Å². The molecule has 0 saturated carbocycles. The Hall–Kier alpha value is -0.960. The summed E-state index contributed by atoms with van der Waals surface area (Å²) in [4.78, 5) is 10.6. The zero-order valence-corrected chi connectivity index (χ0v) is 10.8. The van der Waals surface area contributed by atoms with E-state index in [-0.39, 0.29) is 0 Å². The van der Waals surface area contributed by atoms with E-state index in [2.05, 4.69) is 26.1 Å². The first-order valence-electron chi connectivity index (χ1n) is 5.41. The molecule has 2 nitrogen and oxygen atoms in total. The minimum absolute atomic E-state index is 0.328. The summed E-state index contributed by atoms with van der Waals surface area (Å²) in [5, 5.41) is 9.01. The molecule has 90 valence electrons. The van der Waals surface area contributed by atoms with Crippen molar-refractivity contribution in [2.75, 3.05) is 0 Å². The third-order valence-electron chi connectivity index (χ3n) is 2.30. The molecule has 0 bridgehead atoms. The lowest BCUT2D eigenvalue weighted by Gasteiger charge is -2.07. The van der Waals surface area contributed by atoms with E-state index in [4.69, 9.17) is 5.11 Å².